The van der Waals surface area contributed by atoms with Crippen LogP contribution >= 0.6 is 0 Å². The Hall–Kier alpha value is -1.50. The van der Waals surface area contributed by atoms with Gasteiger partial charge in [-0.2, -0.15) is 0 Å². The number of methoxy groups -OCH3 is 4. The van der Waals surface area contributed by atoms with E-state index in [0.29, 0.717) is 6.26 Å². The molecule has 48 heavy (non-hydrogen) atoms. The molecular formula is C26H52AcKN5O15. The molecule has 1 aliphatic rings. The first-order valence-corrected chi connectivity index (χ1v) is 12.2. The van der Waals surface area contributed by atoms with Crippen LogP contribution in [-0.2, 0) is 52.5 Å². The standard InChI is InChI=1S/C8H12N2O4.C7H13NO4.C6H11NO4.C2H6O.CHNO.2CH4.Ac.K.H2O/c1-3-14-6(11)4-5-7(12)9-8(13)10(5)2;1-8-5(7(10)12-3)4-6(9)11-2;1-10-5(8)3-4(7)6(9)11-2;1-2-3;2-1-3;;;;;/h5H,3-4H2,1-2H3,(H,9,12,13);5,8H,4H2,1-3H3;4H,3,7H2,1-2H3;3H,2H2,1H3;3H;2*1H4;;;1H2/q;;;;;;;;+1;/p-1/t;5-;4-;;;;;;;/m.00......./s1. The zero-order valence-corrected chi connectivity index (χ0v) is 35.4. The molecular weight excluding hydrogens is 888 g/mol. The summed E-state index contributed by atoms with van der Waals surface area (Å²) in [6.45, 7) is 3.88. The van der Waals surface area contributed by atoms with Crippen LogP contribution in [0.4, 0.5) is 4.79 Å². The van der Waals surface area contributed by atoms with Crippen molar-refractivity contribution in [1.82, 2.24) is 15.5 Å². The number of hydrogen-bond acceptors (Lipinski definition) is 17. The molecule has 0 spiro atoms. The Morgan fingerprint density at radius 3 is 1.67 bits per heavy atom. The predicted octanol–water partition coefficient (Wildman–Crippen LogP) is -5.87. The van der Waals surface area contributed by atoms with E-state index in [2.05, 4.69) is 34.3 Å². The summed E-state index contributed by atoms with van der Waals surface area (Å²) in [5.41, 5.74) is 5.23. The first kappa shape index (κ1) is 68.5. The number of nitrogens with two attached hydrogens (primary N) is 1. The third-order valence-electron chi connectivity index (χ3n) is 4.54. The van der Waals surface area contributed by atoms with Gasteiger partial charge in [-0.15, -0.1) is 0 Å². The molecule has 1 aliphatic heterocycles. The molecule has 0 aromatic heterocycles. The van der Waals surface area contributed by atoms with Crippen molar-refractivity contribution < 1.29 is 168 Å². The number of nitrogens with one attached hydrogen (secondary N) is 2. The molecule has 1 radical (unpaired) electrons. The van der Waals surface area contributed by atoms with Crippen LogP contribution in [0.1, 0.15) is 48.0 Å². The second-order valence-corrected chi connectivity index (χ2v) is 7.39. The van der Waals surface area contributed by atoms with Gasteiger partial charge in [-0.3, -0.25) is 34.1 Å². The normalized spacial score (nSPS) is 12.4. The van der Waals surface area contributed by atoms with Crippen molar-refractivity contribution in [2.45, 2.75) is 66.1 Å². The van der Waals surface area contributed by atoms with Gasteiger partial charge >= 0.3 is 87.3 Å². The molecule has 20 nitrogen and oxygen atoms in total. The number of nitrogens with zero attached hydrogens (tertiary/aromatic N) is 2. The first-order valence-electron chi connectivity index (χ1n) is 12.2. The topological polar surface area (TPSA) is 318 Å². The van der Waals surface area contributed by atoms with Crippen molar-refractivity contribution in [2.24, 2.45) is 5.73 Å². The van der Waals surface area contributed by atoms with E-state index >= 15 is 0 Å². The molecule has 3 amide bonds. The number of nitriles is 1. The van der Waals surface area contributed by atoms with Gasteiger partial charge in [-0.05, 0) is 20.9 Å². The van der Waals surface area contributed by atoms with Gasteiger partial charge in [-0.25, -0.2) is 10.1 Å². The minimum Gasteiger partial charge on any atom is -0.812 e. The fourth-order valence-corrected chi connectivity index (χ4v) is 2.39. The number of ether oxygens (including phenoxy) is 5. The Labute approximate surface area is 360 Å². The molecule has 0 bridgehead atoms. The average Bonchev–Trinajstić information content (AvgIpc) is 3.21. The second kappa shape index (κ2) is 45.5. The van der Waals surface area contributed by atoms with Crippen molar-refractivity contribution in [2.75, 3.05) is 55.7 Å². The molecule has 1 heterocycles. The molecule has 3 atom stereocenters. The number of esters is 5. The number of carbonyl (C=O) groups excluding carboxylic acids is 7. The molecule has 1 unspecified atom stereocenters. The number of carbonyl (C=O) groups is 7. The van der Waals surface area contributed by atoms with Crippen LogP contribution in [0.2, 0.25) is 0 Å². The van der Waals surface area contributed by atoms with E-state index in [1.54, 1.807) is 20.9 Å². The van der Waals surface area contributed by atoms with Crippen LogP contribution in [0.25, 0.3) is 0 Å². The summed E-state index contributed by atoms with van der Waals surface area (Å²) in [6.07, 6.45) is 0.241. The predicted molar refractivity (Wildman–Crippen MR) is 160 cm³/mol. The van der Waals surface area contributed by atoms with E-state index in [0.717, 1.165) is 0 Å². The molecule has 0 aromatic carbocycles. The van der Waals surface area contributed by atoms with Crippen LogP contribution in [-0.4, -0.2) is 131 Å². The van der Waals surface area contributed by atoms with E-state index in [4.69, 9.17) is 21.2 Å². The molecule has 0 aliphatic carbocycles. The number of rotatable bonds is 10. The molecule has 1 rings (SSSR count). The Morgan fingerprint density at radius 2 is 1.38 bits per heavy atom. The summed E-state index contributed by atoms with van der Waals surface area (Å²) < 4.78 is 22.1. The number of aliphatic hydroxyl groups is 1. The van der Waals surface area contributed by atoms with E-state index in [1.165, 1.54) is 40.4 Å². The fourth-order valence-electron chi connectivity index (χ4n) is 2.39. The number of aliphatic hydroxyl groups excluding tert-OH is 1. The number of likely N-dealkylation sites (N-methyl/N-ethyl adjacent to an activating group) is 2. The van der Waals surface area contributed by atoms with Crippen molar-refractivity contribution in [3.05, 3.63) is 0 Å². The molecule has 275 valence electrons. The van der Waals surface area contributed by atoms with Gasteiger partial charge in [0.25, 0.3) is 5.91 Å². The van der Waals surface area contributed by atoms with Crippen LogP contribution < -0.4 is 72.9 Å². The minimum absolute atomic E-state index is 0. The molecule has 0 aromatic rings. The molecule has 7 N–H and O–H groups in total. The monoisotopic (exact) mass is 940 g/mol. The van der Waals surface area contributed by atoms with Gasteiger partial charge < -0.3 is 55.3 Å². The maximum Gasteiger partial charge on any atom is 1.00 e. The number of amides is 3. The zero-order chi connectivity index (χ0) is 34.5. The molecule has 0 saturated carbocycles. The number of urea groups is 1. The van der Waals surface area contributed by atoms with Gasteiger partial charge in [0, 0.05) is 64.0 Å². The number of imide groups is 1. The maximum atomic E-state index is 11.2. The van der Waals surface area contributed by atoms with Crippen molar-refractivity contribution in [1.29, 1.82) is 5.26 Å². The number of hydrogen-bond donors (Lipinski definition) is 4. The first-order chi connectivity index (χ1) is 20.1. The SMILES string of the molecule is C.C.CCO.CCOC(=O)CC1C(=O)NC(=O)N1C.CN[C@@H](CC(=O)OC)C(=O)OC.COC(=O)C[C@H](N)C(=O)OC.N#C[O-].O.[Ac].[K+]. The van der Waals surface area contributed by atoms with Crippen molar-refractivity contribution in [3.63, 3.8) is 0 Å². The zero-order valence-electron chi connectivity index (χ0n) is 27.6. The molecule has 1 fully saturated rings. The third kappa shape index (κ3) is 37.3. The third-order valence-corrected chi connectivity index (χ3v) is 4.54. The van der Waals surface area contributed by atoms with Gasteiger partial charge in [0.15, 0.2) is 0 Å². The van der Waals surface area contributed by atoms with E-state index in [9.17, 15) is 33.6 Å². The summed E-state index contributed by atoms with van der Waals surface area (Å²) in [6, 6.07) is -2.76. The Bertz CT molecular complexity index is 927. The summed E-state index contributed by atoms with van der Waals surface area (Å²) >= 11 is 0. The Balaban J connectivity index is -0.0000000600. The fraction of sp³-hybridized carbons (Fsp3) is 0.692. The Morgan fingerprint density at radius 1 is 0.979 bits per heavy atom. The molecule has 1 saturated heterocycles. The van der Waals surface area contributed by atoms with Crippen LogP contribution in [0.15, 0.2) is 0 Å². The van der Waals surface area contributed by atoms with Gasteiger partial charge in [0.2, 0.25) is 0 Å². The Kier molecular flexibility index (Phi) is 64.9. The smallest absolute Gasteiger partial charge is 0.812 e. The summed E-state index contributed by atoms with van der Waals surface area (Å²) in [7, 11) is 8.01. The van der Waals surface area contributed by atoms with E-state index in [1.807, 2.05) is 0 Å². The minimum atomic E-state index is -0.924. The van der Waals surface area contributed by atoms with Crippen LogP contribution in [0.3, 0.4) is 0 Å². The second-order valence-electron chi connectivity index (χ2n) is 7.39. The summed E-state index contributed by atoms with van der Waals surface area (Å²) in [5, 5.41) is 27.3. The maximum absolute atomic E-state index is 11.2. The molecule has 22 heteroatoms. The largest absolute Gasteiger partial charge is 1.00 e. The summed E-state index contributed by atoms with van der Waals surface area (Å²) in [4.78, 5) is 77.2. The van der Waals surface area contributed by atoms with Gasteiger partial charge in [0.1, 0.15) is 18.1 Å². The van der Waals surface area contributed by atoms with Crippen molar-refractivity contribution >= 4 is 41.8 Å². The van der Waals surface area contributed by atoms with Crippen molar-refractivity contribution in [3.8, 4) is 6.26 Å². The summed E-state index contributed by atoms with van der Waals surface area (Å²) in [5.74, 6) is -2.99. The van der Waals surface area contributed by atoms with Gasteiger partial charge in [-0.1, -0.05) is 14.9 Å². The van der Waals surface area contributed by atoms with Crippen LogP contribution in [0, 0.1) is 55.6 Å². The van der Waals surface area contributed by atoms with E-state index < -0.39 is 59.9 Å². The quantitative estimate of drug-likeness (QED) is 0.0521. The van der Waals surface area contributed by atoms with Crippen LogP contribution in [0.5, 0.6) is 0 Å². The van der Waals surface area contributed by atoms with Gasteiger partial charge in [0.05, 0.1) is 54.3 Å². The van der Waals surface area contributed by atoms with E-state index in [-0.39, 0.29) is 148 Å². The average molecular weight is 941 g/mol.